The van der Waals surface area contributed by atoms with E-state index in [4.69, 9.17) is 0 Å². The largest absolute Gasteiger partial charge is 0.295 e. The Labute approximate surface area is 108 Å². The SMILES string of the molecule is CC(=O)/C=C/c1ccc(Cc2ccccc2)cc1. The molecule has 90 valence electrons. The Bertz CT molecular complexity index is 536. The number of hydrogen-bond donors (Lipinski definition) is 0. The number of carbonyl (C=O) groups is 1. The molecule has 0 radical (unpaired) electrons. The highest BCUT2D eigenvalue weighted by Crippen LogP contribution is 2.11. The summed E-state index contributed by atoms with van der Waals surface area (Å²) >= 11 is 0. The summed E-state index contributed by atoms with van der Waals surface area (Å²) in [7, 11) is 0. The van der Waals surface area contributed by atoms with Gasteiger partial charge in [-0.1, -0.05) is 60.7 Å². The number of carbonyl (C=O) groups excluding carboxylic acids is 1. The second kappa shape index (κ2) is 5.97. The van der Waals surface area contributed by atoms with Crippen LogP contribution in [0.3, 0.4) is 0 Å². The first kappa shape index (κ1) is 12.3. The quantitative estimate of drug-likeness (QED) is 0.736. The molecule has 0 heterocycles. The van der Waals surface area contributed by atoms with Crippen molar-refractivity contribution >= 4 is 11.9 Å². The van der Waals surface area contributed by atoms with Crippen LogP contribution in [0.15, 0.2) is 60.7 Å². The van der Waals surface area contributed by atoms with Crippen molar-refractivity contribution in [3.8, 4) is 0 Å². The minimum atomic E-state index is 0.0726. The molecule has 0 saturated heterocycles. The van der Waals surface area contributed by atoms with E-state index in [0.29, 0.717) is 0 Å². The van der Waals surface area contributed by atoms with Crippen LogP contribution in [-0.4, -0.2) is 5.78 Å². The second-order valence-electron chi connectivity index (χ2n) is 4.35. The molecule has 1 nitrogen and oxygen atoms in total. The Morgan fingerprint density at radius 1 is 0.944 bits per heavy atom. The highest BCUT2D eigenvalue weighted by atomic mass is 16.1. The highest BCUT2D eigenvalue weighted by molar-refractivity contribution is 5.91. The minimum Gasteiger partial charge on any atom is -0.295 e. The van der Waals surface area contributed by atoms with Gasteiger partial charge in [0.25, 0.3) is 0 Å². The van der Waals surface area contributed by atoms with Crippen molar-refractivity contribution in [3.63, 3.8) is 0 Å². The van der Waals surface area contributed by atoms with Crippen molar-refractivity contribution in [1.29, 1.82) is 0 Å². The molecule has 1 heteroatoms. The summed E-state index contributed by atoms with van der Waals surface area (Å²) in [6.07, 6.45) is 4.37. The van der Waals surface area contributed by atoms with Crippen LogP contribution in [0.2, 0.25) is 0 Å². The molecule has 0 saturated carbocycles. The summed E-state index contributed by atoms with van der Waals surface area (Å²) in [5.74, 6) is 0.0726. The number of rotatable bonds is 4. The van der Waals surface area contributed by atoms with E-state index < -0.39 is 0 Å². The summed E-state index contributed by atoms with van der Waals surface area (Å²) < 4.78 is 0. The number of allylic oxidation sites excluding steroid dienone is 1. The molecule has 0 aliphatic heterocycles. The Hall–Kier alpha value is -2.15. The van der Waals surface area contributed by atoms with Gasteiger partial charge in [0.1, 0.15) is 0 Å². The van der Waals surface area contributed by atoms with Crippen LogP contribution >= 0.6 is 0 Å². The zero-order valence-electron chi connectivity index (χ0n) is 10.5. The molecule has 0 bridgehead atoms. The Kier molecular flexibility index (Phi) is 4.08. The van der Waals surface area contributed by atoms with Crippen LogP contribution in [0.4, 0.5) is 0 Å². The molecule has 2 aromatic carbocycles. The summed E-state index contributed by atoms with van der Waals surface area (Å²) in [5.41, 5.74) is 3.65. The molecule has 2 aromatic rings. The molecular formula is C17H16O. The fraction of sp³-hybridized carbons (Fsp3) is 0.118. The standard InChI is InChI=1S/C17H16O/c1-14(18)7-8-15-9-11-17(12-10-15)13-16-5-3-2-4-6-16/h2-12H,13H2,1H3/b8-7+. The Balaban J connectivity index is 2.06. The Morgan fingerprint density at radius 2 is 1.56 bits per heavy atom. The second-order valence-corrected chi connectivity index (χ2v) is 4.35. The first-order valence-electron chi connectivity index (χ1n) is 6.05. The van der Waals surface area contributed by atoms with Crippen LogP contribution < -0.4 is 0 Å². The average Bonchev–Trinajstić information content (AvgIpc) is 2.39. The van der Waals surface area contributed by atoms with Crippen molar-refractivity contribution in [2.45, 2.75) is 13.3 Å². The summed E-state index contributed by atoms with van der Waals surface area (Å²) in [6, 6.07) is 18.7. The van der Waals surface area contributed by atoms with E-state index in [2.05, 4.69) is 36.4 Å². The van der Waals surface area contributed by atoms with E-state index in [0.717, 1.165) is 12.0 Å². The van der Waals surface area contributed by atoms with Gasteiger partial charge in [-0.25, -0.2) is 0 Å². The summed E-state index contributed by atoms with van der Waals surface area (Å²) in [4.78, 5) is 10.8. The van der Waals surface area contributed by atoms with E-state index in [1.165, 1.54) is 11.1 Å². The third-order valence-corrected chi connectivity index (χ3v) is 2.74. The van der Waals surface area contributed by atoms with E-state index in [-0.39, 0.29) is 5.78 Å². The average molecular weight is 236 g/mol. The maximum absolute atomic E-state index is 10.8. The molecule has 0 unspecified atom stereocenters. The number of benzene rings is 2. The molecule has 2 rings (SSSR count). The third kappa shape index (κ3) is 3.70. The van der Waals surface area contributed by atoms with Crippen LogP contribution in [0.25, 0.3) is 6.08 Å². The zero-order valence-corrected chi connectivity index (χ0v) is 10.5. The normalized spacial score (nSPS) is 10.7. The fourth-order valence-corrected chi connectivity index (χ4v) is 1.79. The van der Waals surface area contributed by atoms with Gasteiger partial charge in [-0.3, -0.25) is 4.79 Å². The topological polar surface area (TPSA) is 17.1 Å². The molecule has 18 heavy (non-hydrogen) atoms. The molecule has 0 amide bonds. The molecule has 0 aromatic heterocycles. The maximum Gasteiger partial charge on any atom is 0.152 e. The maximum atomic E-state index is 10.8. The lowest BCUT2D eigenvalue weighted by atomic mass is 10.0. The first-order valence-corrected chi connectivity index (χ1v) is 6.05. The first-order chi connectivity index (χ1) is 8.74. The van der Waals surface area contributed by atoms with E-state index in [1.807, 2.05) is 24.3 Å². The van der Waals surface area contributed by atoms with Crippen molar-refractivity contribution in [2.24, 2.45) is 0 Å². The van der Waals surface area contributed by atoms with Crippen LogP contribution in [0.5, 0.6) is 0 Å². The lowest BCUT2D eigenvalue weighted by Crippen LogP contribution is -1.87. The van der Waals surface area contributed by atoms with Gasteiger partial charge < -0.3 is 0 Å². The minimum absolute atomic E-state index is 0.0726. The summed E-state index contributed by atoms with van der Waals surface area (Å²) in [6.45, 7) is 1.56. The van der Waals surface area contributed by atoms with E-state index in [9.17, 15) is 4.79 Å². The van der Waals surface area contributed by atoms with E-state index >= 15 is 0 Å². The lowest BCUT2D eigenvalue weighted by molar-refractivity contribution is -0.112. The predicted octanol–water partition coefficient (Wildman–Crippen LogP) is 3.88. The molecule has 0 aliphatic rings. The van der Waals surface area contributed by atoms with Gasteiger partial charge in [0.2, 0.25) is 0 Å². The van der Waals surface area contributed by atoms with Gasteiger partial charge in [-0.2, -0.15) is 0 Å². The molecule has 0 fully saturated rings. The van der Waals surface area contributed by atoms with E-state index in [1.54, 1.807) is 13.0 Å². The molecule has 0 aliphatic carbocycles. The van der Waals surface area contributed by atoms with Gasteiger partial charge in [0, 0.05) is 0 Å². The monoisotopic (exact) mass is 236 g/mol. The van der Waals surface area contributed by atoms with Gasteiger partial charge in [0.15, 0.2) is 5.78 Å². The van der Waals surface area contributed by atoms with Crippen molar-refractivity contribution in [3.05, 3.63) is 77.4 Å². The Morgan fingerprint density at radius 3 is 2.17 bits per heavy atom. The van der Waals surface area contributed by atoms with Gasteiger partial charge >= 0.3 is 0 Å². The zero-order chi connectivity index (χ0) is 12.8. The van der Waals surface area contributed by atoms with Crippen molar-refractivity contribution < 1.29 is 4.79 Å². The van der Waals surface area contributed by atoms with Crippen molar-refractivity contribution in [1.82, 2.24) is 0 Å². The molecule has 0 atom stereocenters. The van der Waals surface area contributed by atoms with Crippen molar-refractivity contribution in [2.75, 3.05) is 0 Å². The van der Waals surface area contributed by atoms with Crippen LogP contribution in [0.1, 0.15) is 23.6 Å². The molecule has 0 N–H and O–H groups in total. The van der Waals surface area contributed by atoms with Gasteiger partial charge in [0.05, 0.1) is 0 Å². The van der Waals surface area contributed by atoms with Gasteiger partial charge in [-0.15, -0.1) is 0 Å². The third-order valence-electron chi connectivity index (χ3n) is 2.74. The predicted molar refractivity (Wildman–Crippen MR) is 75.4 cm³/mol. The number of hydrogen-bond acceptors (Lipinski definition) is 1. The molecule has 0 spiro atoms. The molecular weight excluding hydrogens is 220 g/mol. The number of ketones is 1. The smallest absolute Gasteiger partial charge is 0.152 e. The van der Waals surface area contributed by atoms with Gasteiger partial charge in [-0.05, 0) is 36.1 Å². The fourth-order valence-electron chi connectivity index (χ4n) is 1.79. The lowest BCUT2D eigenvalue weighted by Gasteiger charge is -2.02. The highest BCUT2D eigenvalue weighted by Gasteiger charge is 1.95. The van der Waals surface area contributed by atoms with Crippen LogP contribution in [0, 0.1) is 0 Å². The summed E-state index contributed by atoms with van der Waals surface area (Å²) in [5, 5.41) is 0. The van der Waals surface area contributed by atoms with Crippen LogP contribution in [-0.2, 0) is 11.2 Å².